The smallest absolute Gasteiger partial charge is 0.154 e. The SMILES string of the molecule is CC1CS(=O)(=O)CCN1c1cccc(F)c1C(N)=S. The van der Waals surface area contributed by atoms with E-state index in [0.717, 1.165) is 0 Å². The van der Waals surface area contributed by atoms with Crippen molar-refractivity contribution in [2.24, 2.45) is 5.73 Å². The third-order valence-electron chi connectivity index (χ3n) is 3.22. The lowest BCUT2D eigenvalue weighted by molar-refractivity contribution is 0.567. The zero-order valence-corrected chi connectivity index (χ0v) is 12.1. The van der Waals surface area contributed by atoms with Crippen molar-refractivity contribution in [3.63, 3.8) is 0 Å². The lowest BCUT2D eigenvalue weighted by Gasteiger charge is -2.36. The van der Waals surface area contributed by atoms with Crippen LogP contribution in [0.2, 0.25) is 0 Å². The first kappa shape index (κ1) is 14.2. The number of benzene rings is 1. The summed E-state index contributed by atoms with van der Waals surface area (Å²) >= 11 is 4.88. The summed E-state index contributed by atoms with van der Waals surface area (Å²) < 4.78 is 37.0. The van der Waals surface area contributed by atoms with Crippen molar-refractivity contribution in [2.75, 3.05) is 23.0 Å². The highest BCUT2D eigenvalue weighted by Gasteiger charge is 2.30. The van der Waals surface area contributed by atoms with Crippen molar-refractivity contribution >= 4 is 32.7 Å². The van der Waals surface area contributed by atoms with Crippen LogP contribution in [0.5, 0.6) is 0 Å². The Bertz CT molecular complexity index is 616. The Hall–Kier alpha value is -1.21. The van der Waals surface area contributed by atoms with Gasteiger partial charge in [0.2, 0.25) is 0 Å². The van der Waals surface area contributed by atoms with Gasteiger partial charge in [-0.3, -0.25) is 0 Å². The van der Waals surface area contributed by atoms with Gasteiger partial charge >= 0.3 is 0 Å². The molecule has 0 spiro atoms. The van der Waals surface area contributed by atoms with Crippen LogP contribution in [0, 0.1) is 5.82 Å². The number of nitrogens with zero attached hydrogens (tertiary/aromatic N) is 1. The summed E-state index contributed by atoms with van der Waals surface area (Å²) in [5.74, 6) is -0.365. The second-order valence-corrected chi connectivity index (χ2v) is 7.32. The summed E-state index contributed by atoms with van der Waals surface area (Å²) in [6.45, 7) is 2.12. The molecule has 1 unspecified atom stereocenters. The minimum Gasteiger partial charge on any atom is -0.389 e. The Morgan fingerprint density at radius 1 is 1.53 bits per heavy atom. The predicted molar refractivity (Wildman–Crippen MR) is 77.7 cm³/mol. The first-order valence-electron chi connectivity index (χ1n) is 5.87. The summed E-state index contributed by atoms with van der Waals surface area (Å²) in [6.07, 6.45) is 0. The van der Waals surface area contributed by atoms with Gasteiger partial charge in [-0.15, -0.1) is 0 Å². The molecular formula is C12H15FN2O2S2. The monoisotopic (exact) mass is 302 g/mol. The second kappa shape index (κ2) is 5.05. The third kappa shape index (κ3) is 2.87. The van der Waals surface area contributed by atoms with Crippen LogP contribution in [0.4, 0.5) is 10.1 Å². The van der Waals surface area contributed by atoms with E-state index in [1.807, 2.05) is 4.90 Å². The molecule has 2 rings (SSSR count). The molecule has 19 heavy (non-hydrogen) atoms. The van der Waals surface area contributed by atoms with Crippen LogP contribution < -0.4 is 10.6 Å². The molecule has 1 atom stereocenters. The lowest BCUT2D eigenvalue weighted by Crippen LogP contribution is -2.47. The van der Waals surface area contributed by atoms with Crippen molar-refractivity contribution in [2.45, 2.75) is 13.0 Å². The normalized spacial score (nSPS) is 22.2. The van der Waals surface area contributed by atoms with Gasteiger partial charge in [-0.1, -0.05) is 18.3 Å². The molecule has 0 aromatic heterocycles. The largest absolute Gasteiger partial charge is 0.389 e. The van der Waals surface area contributed by atoms with Crippen LogP contribution in [0.3, 0.4) is 0 Å². The van der Waals surface area contributed by atoms with E-state index in [0.29, 0.717) is 12.2 Å². The van der Waals surface area contributed by atoms with Gasteiger partial charge in [0.1, 0.15) is 10.8 Å². The minimum absolute atomic E-state index is 0.0197. The van der Waals surface area contributed by atoms with Gasteiger partial charge < -0.3 is 10.6 Å². The molecule has 0 radical (unpaired) electrons. The van der Waals surface area contributed by atoms with Gasteiger partial charge in [0, 0.05) is 12.6 Å². The number of hydrogen-bond donors (Lipinski definition) is 1. The molecule has 0 amide bonds. The van der Waals surface area contributed by atoms with E-state index in [4.69, 9.17) is 18.0 Å². The molecule has 0 bridgehead atoms. The maximum absolute atomic E-state index is 13.8. The molecule has 1 aromatic carbocycles. The maximum atomic E-state index is 13.8. The summed E-state index contributed by atoms with van der Waals surface area (Å²) in [6, 6.07) is 4.35. The highest BCUT2D eigenvalue weighted by molar-refractivity contribution is 7.91. The third-order valence-corrected chi connectivity index (χ3v) is 5.22. The van der Waals surface area contributed by atoms with Crippen LogP contribution in [0.25, 0.3) is 0 Å². The maximum Gasteiger partial charge on any atom is 0.154 e. The number of hydrogen-bond acceptors (Lipinski definition) is 4. The molecule has 1 aromatic rings. The Kier molecular flexibility index (Phi) is 3.78. The van der Waals surface area contributed by atoms with Crippen LogP contribution >= 0.6 is 12.2 Å². The average Bonchev–Trinajstić information content (AvgIpc) is 2.26. The van der Waals surface area contributed by atoms with Gasteiger partial charge in [0.05, 0.1) is 22.8 Å². The van der Waals surface area contributed by atoms with Gasteiger partial charge in [-0.25, -0.2) is 12.8 Å². The molecule has 2 N–H and O–H groups in total. The fourth-order valence-electron chi connectivity index (χ4n) is 2.35. The van der Waals surface area contributed by atoms with E-state index >= 15 is 0 Å². The van der Waals surface area contributed by atoms with Crippen LogP contribution in [0.15, 0.2) is 18.2 Å². The van der Waals surface area contributed by atoms with Crippen molar-refractivity contribution in [1.82, 2.24) is 0 Å². The van der Waals surface area contributed by atoms with E-state index in [2.05, 4.69) is 0 Å². The lowest BCUT2D eigenvalue weighted by atomic mass is 10.1. The van der Waals surface area contributed by atoms with E-state index in [1.165, 1.54) is 6.07 Å². The zero-order valence-electron chi connectivity index (χ0n) is 10.5. The fourth-order valence-corrected chi connectivity index (χ4v) is 4.11. The van der Waals surface area contributed by atoms with Crippen molar-refractivity contribution in [3.8, 4) is 0 Å². The van der Waals surface area contributed by atoms with E-state index in [1.54, 1.807) is 19.1 Å². The average molecular weight is 302 g/mol. The molecule has 7 heteroatoms. The van der Waals surface area contributed by atoms with Crippen molar-refractivity contribution in [3.05, 3.63) is 29.6 Å². The van der Waals surface area contributed by atoms with Gasteiger partial charge in [-0.05, 0) is 19.1 Å². The predicted octanol–water partition coefficient (Wildman–Crippen LogP) is 1.08. The zero-order chi connectivity index (χ0) is 14.2. The highest BCUT2D eigenvalue weighted by Crippen LogP contribution is 2.27. The fraction of sp³-hybridized carbons (Fsp3) is 0.417. The van der Waals surface area contributed by atoms with E-state index in [-0.39, 0.29) is 28.1 Å². The summed E-state index contributed by atoms with van der Waals surface area (Å²) in [5, 5.41) is 0. The molecule has 0 saturated carbocycles. The van der Waals surface area contributed by atoms with Gasteiger partial charge in [0.15, 0.2) is 9.84 Å². The molecule has 0 aliphatic carbocycles. The summed E-state index contributed by atoms with van der Waals surface area (Å²) in [5.41, 5.74) is 6.32. The Morgan fingerprint density at radius 2 is 2.21 bits per heavy atom. The van der Waals surface area contributed by atoms with E-state index < -0.39 is 15.7 Å². The molecule has 1 aliphatic heterocycles. The van der Waals surface area contributed by atoms with Crippen molar-refractivity contribution in [1.29, 1.82) is 0 Å². The quantitative estimate of drug-likeness (QED) is 0.828. The first-order valence-corrected chi connectivity index (χ1v) is 8.10. The molecule has 1 saturated heterocycles. The number of anilines is 1. The number of rotatable bonds is 2. The van der Waals surface area contributed by atoms with E-state index in [9.17, 15) is 12.8 Å². The number of thiocarbonyl (C=S) groups is 1. The topological polar surface area (TPSA) is 63.4 Å². The molecule has 1 heterocycles. The van der Waals surface area contributed by atoms with Gasteiger partial charge in [0.25, 0.3) is 0 Å². The summed E-state index contributed by atoms with van der Waals surface area (Å²) in [4.78, 5) is 1.83. The molecular weight excluding hydrogens is 287 g/mol. The molecule has 1 fully saturated rings. The number of sulfone groups is 1. The van der Waals surface area contributed by atoms with Crippen LogP contribution in [-0.2, 0) is 9.84 Å². The molecule has 104 valence electrons. The molecule has 4 nitrogen and oxygen atoms in total. The highest BCUT2D eigenvalue weighted by atomic mass is 32.2. The van der Waals surface area contributed by atoms with Crippen LogP contribution in [0.1, 0.15) is 12.5 Å². The number of halogens is 1. The Morgan fingerprint density at radius 3 is 2.79 bits per heavy atom. The Labute approximate surface area is 117 Å². The number of nitrogens with two attached hydrogens (primary N) is 1. The van der Waals surface area contributed by atoms with Crippen LogP contribution in [-0.4, -0.2) is 37.5 Å². The Balaban J connectivity index is 2.43. The van der Waals surface area contributed by atoms with Gasteiger partial charge in [-0.2, -0.15) is 0 Å². The standard InChI is InChI=1S/C12H15FN2O2S2/c1-8-7-19(16,17)6-5-15(8)10-4-2-3-9(13)11(10)12(14)18/h2-4,8H,5-7H2,1H3,(H2,14,18). The second-order valence-electron chi connectivity index (χ2n) is 4.65. The summed E-state index contributed by atoms with van der Waals surface area (Å²) in [7, 11) is -3.02. The van der Waals surface area contributed by atoms with Crippen molar-refractivity contribution < 1.29 is 12.8 Å². The first-order chi connectivity index (χ1) is 8.82. The molecule has 1 aliphatic rings. The minimum atomic E-state index is -3.02.